The minimum atomic E-state index is -1.17. The molecule has 2 aromatic rings. The minimum Gasteiger partial charge on any atom is -0.493 e. The van der Waals surface area contributed by atoms with Crippen molar-refractivity contribution in [3.05, 3.63) is 57.2 Å². The van der Waals surface area contributed by atoms with Crippen LogP contribution in [0.25, 0.3) is 0 Å². The zero-order valence-electron chi connectivity index (χ0n) is 22.9. The number of carbonyl (C=O) groups is 2. The van der Waals surface area contributed by atoms with Gasteiger partial charge in [-0.3, -0.25) is 5.43 Å². The first-order chi connectivity index (χ1) is 19.7. The number of amides is 2. The fraction of sp³-hybridized carbons (Fsp3) is 0.321. The third kappa shape index (κ3) is 8.06. The van der Waals surface area contributed by atoms with Crippen molar-refractivity contribution in [3.63, 3.8) is 0 Å². The molecule has 0 saturated carbocycles. The van der Waals surface area contributed by atoms with Crippen LogP contribution in [0.2, 0.25) is 0 Å². The zero-order chi connectivity index (χ0) is 29.9. The van der Waals surface area contributed by atoms with E-state index in [0.29, 0.717) is 50.9 Å². The number of methoxy groups -OCH3 is 2. The number of nitrogens with zero attached hydrogens (tertiary/aromatic N) is 1. The average molecular weight is 631 g/mol. The Labute approximate surface area is 246 Å². The number of hydrazone groups is 1. The Balaban J connectivity index is 1.69. The van der Waals surface area contributed by atoms with E-state index in [1.165, 1.54) is 20.4 Å². The zero-order valence-corrected chi connectivity index (χ0v) is 24.5. The smallest absolute Gasteiger partial charge is 0.337 e. The van der Waals surface area contributed by atoms with E-state index in [0.717, 1.165) is 0 Å². The number of aliphatic hydroxyl groups excluding tert-OH is 1. The molecule has 3 rings (SSSR count). The number of allylic oxidation sites excluding steroid dienone is 1. The molecule has 12 nitrogen and oxygen atoms in total. The highest BCUT2D eigenvalue weighted by Gasteiger charge is 2.32. The Bertz CT molecular complexity index is 1370. The maximum atomic E-state index is 12.4. The molecule has 0 saturated heterocycles. The molecule has 4 N–H and O–H groups in total. The number of ether oxygens (including phenoxy) is 5. The summed E-state index contributed by atoms with van der Waals surface area (Å²) < 4.78 is 27.9. The Morgan fingerprint density at radius 2 is 1.95 bits per heavy atom. The van der Waals surface area contributed by atoms with Crippen molar-refractivity contribution in [1.29, 1.82) is 0 Å². The summed E-state index contributed by atoms with van der Waals surface area (Å²) in [5, 5.41) is 19.8. The predicted molar refractivity (Wildman–Crippen MR) is 154 cm³/mol. The third-order valence-electron chi connectivity index (χ3n) is 5.69. The van der Waals surface area contributed by atoms with Crippen molar-refractivity contribution >= 4 is 34.1 Å². The standard InChI is InChI=1S/C28H31BrN4O8/c1-6-10-40-23-13-19(29)18(12-21(23)37-4)14-30-33-24(34)15-41-20-9-8-17(11-22(20)39-7-2)26-25(27(35)38-5)16(3)31-28(36)32-26/h1,8-9,11-14,24,26,33-34H,7,10,15H2,2-5H3,(H2,31,32,36)/b30-14-/t24-,26-/m1/s1. The second-order valence-electron chi connectivity index (χ2n) is 8.43. The van der Waals surface area contributed by atoms with Gasteiger partial charge in [0.25, 0.3) is 0 Å². The number of hydrogen-bond acceptors (Lipinski definition) is 10. The highest BCUT2D eigenvalue weighted by Crippen LogP contribution is 2.35. The summed E-state index contributed by atoms with van der Waals surface area (Å²) in [5.41, 5.74) is 4.48. The van der Waals surface area contributed by atoms with Crippen LogP contribution in [0.5, 0.6) is 23.0 Å². The average Bonchev–Trinajstić information content (AvgIpc) is 2.95. The highest BCUT2D eigenvalue weighted by atomic mass is 79.9. The molecule has 41 heavy (non-hydrogen) atoms. The van der Waals surface area contributed by atoms with E-state index in [-0.39, 0.29) is 18.8 Å². The summed E-state index contributed by atoms with van der Waals surface area (Å²) in [7, 11) is 2.78. The third-order valence-corrected chi connectivity index (χ3v) is 6.38. The lowest BCUT2D eigenvalue weighted by Gasteiger charge is -2.28. The maximum Gasteiger partial charge on any atom is 0.337 e. The number of carbonyl (C=O) groups excluding carboxylic acids is 2. The van der Waals surface area contributed by atoms with Gasteiger partial charge in [-0.1, -0.05) is 12.0 Å². The normalized spacial score (nSPS) is 15.3. The molecule has 218 valence electrons. The molecule has 0 spiro atoms. The van der Waals surface area contributed by atoms with Crippen molar-refractivity contribution < 1.29 is 38.4 Å². The van der Waals surface area contributed by atoms with Gasteiger partial charge in [0.2, 0.25) is 0 Å². The number of esters is 1. The molecule has 0 aromatic heterocycles. The van der Waals surface area contributed by atoms with Gasteiger partial charge in [-0.2, -0.15) is 5.10 Å². The number of halogens is 1. The molecule has 2 aromatic carbocycles. The molecule has 13 heteroatoms. The second-order valence-corrected chi connectivity index (χ2v) is 9.29. The molecule has 1 heterocycles. The lowest BCUT2D eigenvalue weighted by molar-refractivity contribution is -0.136. The molecule has 2 atom stereocenters. The monoisotopic (exact) mass is 630 g/mol. The van der Waals surface area contributed by atoms with E-state index >= 15 is 0 Å². The van der Waals surface area contributed by atoms with Crippen molar-refractivity contribution in [2.24, 2.45) is 5.10 Å². The van der Waals surface area contributed by atoms with Gasteiger partial charge in [-0.25, -0.2) is 9.59 Å². The van der Waals surface area contributed by atoms with E-state index in [4.69, 9.17) is 30.1 Å². The molecule has 0 aliphatic carbocycles. The number of urea groups is 1. The minimum absolute atomic E-state index is 0.0948. The van der Waals surface area contributed by atoms with Gasteiger partial charge < -0.3 is 39.4 Å². The van der Waals surface area contributed by atoms with E-state index in [9.17, 15) is 14.7 Å². The van der Waals surface area contributed by atoms with Crippen LogP contribution in [0.15, 0.2) is 51.2 Å². The van der Waals surface area contributed by atoms with Gasteiger partial charge in [0.15, 0.2) is 29.2 Å². The van der Waals surface area contributed by atoms with E-state index < -0.39 is 24.3 Å². The number of rotatable bonds is 13. The molecule has 0 fully saturated rings. The van der Waals surface area contributed by atoms with Crippen LogP contribution in [0.4, 0.5) is 4.79 Å². The van der Waals surface area contributed by atoms with Gasteiger partial charge in [0, 0.05) is 15.7 Å². The molecule has 0 unspecified atom stereocenters. The lowest BCUT2D eigenvalue weighted by atomic mass is 9.95. The van der Waals surface area contributed by atoms with Gasteiger partial charge >= 0.3 is 12.0 Å². The van der Waals surface area contributed by atoms with Crippen LogP contribution in [0.3, 0.4) is 0 Å². The Hall–Kier alpha value is -4.41. The van der Waals surface area contributed by atoms with Crippen LogP contribution < -0.4 is 35.0 Å². The van der Waals surface area contributed by atoms with Gasteiger partial charge in [0.05, 0.1) is 38.7 Å². The first-order valence-corrected chi connectivity index (χ1v) is 13.2. The first-order valence-electron chi connectivity index (χ1n) is 12.4. The summed E-state index contributed by atoms with van der Waals surface area (Å²) in [5.74, 6) is 3.47. The molecule has 0 radical (unpaired) electrons. The summed E-state index contributed by atoms with van der Waals surface area (Å²) in [6, 6.07) is 7.16. The Kier molecular flexibility index (Phi) is 11.3. The van der Waals surface area contributed by atoms with Crippen molar-refractivity contribution in [1.82, 2.24) is 16.1 Å². The lowest BCUT2D eigenvalue weighted by Crippen LogP contribution is -2.45. The first kappa shape index (κ1) is 31.1. The molecule has 1 aliphatic rings. The maximum absolute atomic E-state index is 12.4. The highest BCUT2D eigenvalue weighted by molar-refractivity contribution is 9.10. The fourth-order valence-electron chi connectivity index (χ4n) is 3.86. The molecule has 2 amide bonds. The van der Waals surface area contributed by atoms with Crippen molar-refractivity contribution in [3.8, 4) is 35.3 Å². The number of hydrogen-bond donors (Lipinski definition) is 4. The van der Waals surface area contributed by atoms with E-state index in [1.54, 1.807) is 44.2 Å². The van der Waals surface area contributed by atoms with Crippen molar-refractivity contribution in [2.75, 3.05) is 34.0 Å². The van der Waals surface area contributed by atoms with Gasteiger partial charge in [-0.15, -0.1) is 6.42 Å². The summed E-state index contributed by atoms with van der Waals surface area (Å²) in [6.45, 7) is 3.68. The predicted octanol–water partition coefficient (Wildman–Crippen LogP) is 2.99. The van der Waals surface area contributed by atoms with Crippen LogP contribution in [0.1, 0.15) is 31.0 Å². The molecular formula is C28H31BrN4O8. The Morgan fingerprint density at radius 1 is 1.20 bits per heavy atom. The number of aliphatic hydroxyl groups is 1. The largest absolute Gasteiger partial charge is 0.493 e. The van der Waals surface area contributed by atoms with Crippen LogP contribution in [-0.2, 0) is 9.53 Å². The topological polar surface area (TPSA) is 149 Å². The molecular weight excluding hydrogens is 600 g/mol. The fourth-order valence-corrected chi connectivity index (χ4v) is 4.28. The van der Waals surface area contributed by atoms with Crippen molar-refractivity contribution in [2.45, 2.75) is 26.1 Å². The Morgan fingerprint density at radius 3 is 2.63 bits per heavy atom. The van der Waals surface area contributed by atoms with E-state index in [1.807, 2.05) is 0 Å². The summed E-state index contributed by atoms with van der Waals surface area (Å²) in [6.07, 6.45) is 5.57. The van der Waals surface area contributed by atoms with Gasteiger partial charge in [-0.05, 0) is 59.6 Å². The van der Waals surface area contributed by atoms with Crippen LogP contribution in [-0.4, -0.2) is 63.6 Å². The number of terminal acetylenes is 1. The SMILES string of the molecule is C#CCOc1cc(Br)c(/C=N\N[C@H](O)COc2ccc([C@H]3NC(=O)NC(C)=C3C(=O)OC)cc2OCC)cc1OC. The molecule has 1 aliphatic heterocycles. The summed E-state index contributed by atoms with van der Waals surface area (Å²) in [4.78, 5) is 24.5. The quantitative estimate of drug-likeness (QED) is 0.0861. The molecule has 0 bridgehead atoms. The summed E-state index contributed by atoms with van der Waals surface area (Å²) >= 11 is 3.45. The van der Waals surface area contributed by atoms with E-state index in [2.05, 4.69) is 43.0 Å². The van der Waals surface area contributed by atoms with Crippen LogP contribution in [0, 0.1) is 12.3 Å². The number of nitrogens with one attached hydrogen (secondary N) is 3. The second kappa shape index (κ2) is 14.8. The van der Waals surface area contributed by atoms with Gasteiger partial charge in [0.1, 0.15) is 13.2 Å². The number of benzene rings is 2. The van der Waals surface area contributed by atoms with Crippen LogP contribution >= 0.6 is 15.9 Å².